The van der Waals surface area contributed by atoms with E-state index in [1.165, 1.54) is 12.1 Å². The summed E-state index contributed by atoms with van der Waals surface area (Å²) in [7, 11) is -7.66. The molecule has 0 heterocycles. The van der Waals surface area contributed by atoms with Crippen LogP contribution in [-0.4, -0.2) is 29.3 Å². The molecule has 84 valence electrons. The number of nitrogens with zero attached hydrogens (tertiary/aromatic N) is 1. The van der Waals surface area contributed by atoms with E-state index in [0.717, 1.165) is 12.5 Å². The van der Waals surface area contributed by atoms with Crippen LogP contribution in [0, 0.1) is 0 Å². The number of benzene rings is 1. The number of hydrogen-bond acceptors (Lipinski definition) is 4. The minimum atomic E-state index is -3.83. The van der Waals surface area contributed by atoms with Crippen molar-refractivity contribution in [2.45, 2.75) is 0 Å². The normalized spacial score (nSPS) is 12.4. The summed E-state index contributed by atoms with van der Waals surface area (Å²) in [6.45, 7) is 0. The predicted octanol–water partition coefficient (Wildman–Crippen LogP) is 0.412. The van der Waals surface area contributed by atoms with Crippen LogP contribution in [0.1, 0.15) is 0 Å². The Labute approximate surface area is 89.4 Å². The molecule has 0 spiro atoms. The average molecular weight is 249 g/mol. The molecule has 0 amide bonds. The van der Waals surface area contributed by atoms with Gasteiger partial charge in [0.05, 0.1) is 18.2 Å². The molecular formula is C8H11NO4S2. The van der Waals surface area contributed by atoms with Gasteiger partial charge < -0.3 is 0 Å². The van der Waals surface area contributed by atoms with Crippen LogP contribution in [0.4, 0.5) is 5.69 Å². The Hall–Kier alpha value is -1.08. The Kier molecular flexibility index (Phi) is 3.05. The third-order valence-corrected chi connectivity index (χ3v) is 4.82. The highest BCUT2D eigenvalue weighted by Gasteiger charge is 2.26. The van der Waals surface area contributed by atoms with Crippen LogP contribution < -0.4 is 3.71 Å². The molecule has 1 rings (SSSR count). The van der Waals surface area contributed by atoms with Gasteiger partial charge in [-0.2, -0.15) is 3.71 Å². The summed E-state index contributed by atoms with van der Waals surface area (Å²) in [5.41, 5.74) is 0.113. The summed E-state index contributed by atoms with van der Waals surface area (Å²) in [5.74, 6) is 0. The van der Waals surface area contributed by atoms with Gasteiger partial charge in [-0.05, 0) is 12.1 Å². The summed E-state index contributed by atoms with van der Waals surface area (Å²) in [4.78, 5) is 0. The molecule has 15 heavy (non-hydrogen) atoms. The van der Waals surface area contributed by atoms with Gasteiger partial charge in [0.15, 0.2) is 0 Å². The zero-order valence-electron chi connectivity index (χ0n) is 8.28. The monoisotopic (exact) mass is 249 g/mol. The number of sulfonamides is 2. The maximum atomic E-state index is 11.3. The molecule has 0 bridgehead atoms. The fourth-order valence-electron chi connectivity index (χ4n) is 1.18. The summed E-state index contributed by atoms with van der Waals surface area (Å²) < 4.78 is 45.7. The van der Waals surface area contributed by atoms with Crippen LogP contribution in [-0.2, 0) is 20.0 Å². The lowest BCUT2D eigenvalue weighted by molar-refractivity contribution is 0.591. The van der Waals surface area contributed by atoms with E-state index in [4.69, 9.17) is 0 Å². The van der Waals surface area contributed by atoms with Crippen LogP contribution in [0.5, 0.6) is 0 Å². The van der Waals surface area contributed by atoms with Crippen molar-refractivity contribution < 1.29 is 16.8 Å². The number of rotatable bonds is 3. The van der Waals surface area contributed by atoms with Gasteiger partial charge >= 0.3 is 0 Å². The van der Waals surface area contributed by atoms with Gasteiger partial charge in [0.25, 0.3) is 0 Å². The molecule has 0 aliphatic carbocycles. The first-order valence-electron chi connectivity index (χ1n) is 3.98. The quantitative estimate of drug-likeness (QED) is 0.778. The lowest BCUT2D eigenvalue weighted by Crippen LogP contribution is -2.35. The van der Waals surface area contributed by atoms with Crippen molar-refractivity contribution in [2.24, 2.45) is 0 Å². The van der Waals surface area contributed by atoms with Crippen molar-refractivity contribution in [3.05, 3.63) is 30.3 Å². The first-order valence-corrected chi connectivity index (χ1v) is 7.68. The van der Waals surface area contributed by atoms with Crippen molar-refractivity contribution in [2.75, 3.05) is 16.2 Å². The Morgan fingerprint density at radius 3 is 1.60 bits per heavy atom. The molecule has 0 aromatic heterocycles. The van der Waals surface area contributed by atoms with Crippen molar-refractivity contribution in [3.8, 4) is 0 Å². The molecule has 0 unspecified atom stereocenters. The van der Waals surface area contributed by atoms with Crippen LogP contribution in [0.15, 0.2) is 30.3 Å². The molecule has 0 saturated carbocycles. The van der Waals surface area contributed by atoms with Crippen molar-refractivity contribution in [1.29, 1.82) is 0 Å². The minimum Gasteiger partial charge on any atom is -0.206 e. The smallest absolute Gasteiger partial charge is 0.206 e. The van der Waals surface area contributed by atoms with Crippen LogP contribution in [0.3, 0.4) is 0 Å². The Morgan fingerprint density at radius 2 is 1.27 bits per heavy atom. The summed E-state index contributed by atoms with van der Waals surface area (Å²) in [6, 6.07) is 7.65. The highest BCUT2D eigenvalue weighted by atomic mass is 32.3. The van der Waals surface area contributed by atoms with E-state index in [2.05, 4.69) is 0 Å². The van der Waals surface area contributed by atoms with E-state index in [1.54, 1.807) is 18.2 Å². The van der Waals surface area contributed by atoms with Gasteiger partial charge in [-0.25, -0.2) is 16.8 Å². The topological polar surface area (TPSA) is 71.5 Å². The molecule has 1 aromatic carbocycles. The van der Waals surface area contributed by atoms with Gasteiger partial charge in [0, 0.05) is 0 Å². The second-order valence-electron chi connectivity index (χ2n) is 3.06. The van der Waals surface area contributed by atoms with Crippen LogP contribution in [0.25, 0.3) is 0 Å². The molecule has 0 atom stereocenters. The number of para-hydroxylation sites is 1. The van der Waals surface area contributed by atoms with E-state index in [9.17, 15) is 16.8 Å². The third kappa shape index (κ3) is 2.93. The fourth-order valence-corrected chi connectivity index (χ4v) is 4.16. The lowest BCUT2D eigenvalue weighted by Gasteiger charge is -2.19. The maximum Gasteiger partial charge on any atom is 0.245 e. The Morgan fingerprint density at radius 1 is 0.867 bits per heavy atom. The summed E-state index contributed by atoms with van der Waals surface area (Å²) in [5, 5.41) is 0. The van der Waals surface area contributed by atoms with E-state index in [0.29, 0.717) is 3.71 Å². The predicted molar refractivity (Wildman–Crippen MR) is 58.6 cm³/mol. The lowest BCUT2D eigenvalue weighted by atomic mass is 10.3. The van der Waals surface area contributed by atoms with Crippen molar-refractivity contribution in [3.63, 3.8) is 0 Å². The standard InChI is InChI=1S/C8H11NO4S2/c1-14(10,11)9(15(2,12)13)8-6-4-3-5-7-8/h3-7H,1-2H3. The van der Waals surface area contributed by atoms with Gasteiger partial charge in [-0.3, -0.25) is 0 Å². The van der Waals surface area contributed by atoms with Gasteiger partial charge in [0.2, 0.25) is 20.0 Å². The van der Waals surface area contributed by atoms with Gasteiger partial charge in [0.1, 0.15) is 0 Å². The third-order valence-electron chi connectivity index (χ3n) is 1.57. The van der Waals surface area contributed by atoms with Crippen LogP contribution in [0.2, 0.25) is 0 Å². The van der Waals surface area contributed by atoms with E-state index in [1.807, 2.05) is 0 Å². The first-order chi connectivity index (χ1) is 6.73. The maximum absolute atomic E-state index is 11.3. The Balaban J connectivity index is 3.41. The molecule has 5 nitrogen and oxygen atoms in total. The molecule has 0 saturated heterocycles. The fraction of sp³-hybridized carbons (Fsp3) is 0.250. The SMILES string of the molecule is CS(=O)(=O)N(c1ccccc1)S(C)(=O)=O. The van der Waals surface area contributed by atoms with E-state index in [-0.39, 0.29) is 5.69 Å². The van der Waals surface area contributed by atoms with Gasteiger partial charge in [-0.1, -0.05) is 18.2 Å². The molecule has 0 N–H and O–H groups in total. The zero-order chi connectivity index (χ0) is 11.7. The average Bonchev–Trinajstić information content (AvgIpc) is 2.00. The number of hydrogen-bond donors (Lipinski definition) is 0. The zero-order valence-corrected chi connectivity index (χ0v) is 9.92. The van der Waals surface area contributed by atoms with Crippen molar-refractivity contribution >= 4 is 25.7 Å². The molecule has 1 aromatic rings. The van der Waals surface area contributed by atoms with Crippen molar-refractivity contribution in [1.82, 2.24) is 0 Å². The molecule has 0 aliphatic heterocycles. The van der Waals surface area contributed by atoms with Gasteiger partial charge in [-0.15, -0.1) is 0 Å². The molecule has 7 heteroatoms. The Bertz CT molecular complexity index is 501. The highest BCUT2D eigenvalue weighted by Crippen LogP contribution is 2.19. The largest absolute Gasteiger partial charge is 0.245 e. The first kappa shape index (κ1) is 12.0. The minimum absolute atomic E-state index is 0.113. The molecule has 0 radical (unpaired) electrons. The molecule has 0 fully saturated rings. The molecular weight excluding hydrogens is 238 g/mol. The second kappa shape index (κ2) is 3.82. The summed E-state index contributed by atoms with van der Waals surface area (Å²) in [6.07, 6.45) is 1.70. The second-order valence-corrected chi connectivity index (χ2v) is 6.95. The summed E-state index contributed by atoms with van der Waals surface area (Å²) >= 11 is 0. The van der Waals surface area contributed by atoms with E-state index < -0.39 is 20.0 Å². The number of anilines is 1. The van der Waals surface area contributed by atoms with E-state index >= 15 is 0 Å². The highest BCUT2D eigenvalue weighted by molar-refractivity contribution is 8.09. The van der Waals surface area contributed by atoms with Crippen LogP contribution >= 0.6 is 0 Å². The molecule has 0 aliphatic rings.